The van der Waals surface area contributed by atoms with E-state index in [1.807, 2.05) is 18.2 Å². The molecule has 0 bridgehead atoms. The van der Waals surface area contributed by atoms with Crippen molar-refractivity contribution in [2.75, 3.05) is 19.5 Å². The number of carbonyl (C=O) groups excluding carboxylic acids is 1. The molecule has 120 valence electrons. The molecule has 1 amide bonds. The predicted molar refractivity (Wildman–Crippen MR) is 90.0 cm³/mol. The minimum atomic E-state index is -0.170. The second kappa shape index (κ2) is 6.69. The third-order valence-corrected chi connectivity index (χ3v) is 4.29. The lowest BCUT2D eigenvalue weighted by molar-refractivity contribution is 0.0958. The van der Waals surface area contributed by atoms with Crippen LogP contribution < -0.4 is 15.4 Å². The molecule has 0 atom stereocenters. The van der Waals surface area contributed by atoms with E-state index in [2.05, 4.69) is 27.8 Å². The molecule has 3 rings (SSSR count). The number of aromatic nitrogens is 1. The van der Waals surface area contributed by atoms with Gasteiger partial charge in [0.15, 0.2) is 0 Å². The van der Waals surface area contributed by atoms with Crippen LogP contribution in [0.25, 0.3) is 0 Å². The van der Waals surface area contributed by atoms with Gasteiger partial charge in [-0.05, 0) is 48.6 Å². The van der Waals surface area contributed by atoms with Gasteiger partial charge in [0.1, 0.15) is 11.4 Å². The van der Waals surface area contributed by atoms with Crippen molar-refractivity contribution >= 4 is 11.6 Å². The van der Waals surface area contributed by atoms with Gasteiger partial charge in [-0.2, -0.15) is 0 Å². The number of rotatable bonds is 5. The van der Waals surface area contributed by atoms with E-state index in [9.17, 15) is 4.79 Å². The highest BCUT2D eigenvalue weighted by molar-refractivity contribution is 5.92. The Morgan fingerprint density at radius 1 is 1.26 bits per heavy atom. The van der Waals surface area contributed by atoms with Crippen molar-refractivity contribution < 1.29 is 9.53 Å². The molecule has 1 saturated carbocycles. The Bertz CT molecular complexity index is 696. The van der Waals surface area contributed by atoms with Crippen molar-refractivity contribution in [2.24, 2.45) is 0 Å². The highest BCUT2D eigenvalue weighted by atomic mass is 16.5. The number of pyridine rings is 1. The Morgan fingerprint density at radius 3 is 2.83 bits per heavy atom. The Kier molecular flexibility index (Phi) is 4.46. The van der Waals surface area contributed by atoms with E-state index in [0.29, 0.717) is 17.7 Å². The van der Waals surface area contributed by atoms with Crippen LogP contribution in [0, 0.1) is 0 Å². The first kappa shape index (κ1) is 15.3. The van der Waals surface area contributed by atoms with Crippen LogP contribution in [-0.4, -0.2) is 31.1 Å². The lowest BCUT2D eigenvalue weighted by atomic mass is 9.76. The van der Waals surface area contributed by atoms with Crippen LogP contribution in [0.1, 0.15) is 34.8 Å². The van der Waals surface area contributed by atoms with Crippen molar-refractivity contribution in [3.05, 3.63) is 53.9 Å². The van der Waals surface area contributed by atoms with Crippen LogP contribution in [0.2, 0.25) is 0 Å². The quantitative estimate of drug-likeness (QED) is 0.891. The van der Waals surface area contributed by atoms with E-state index in [1.54, 1.807) is 26.4 Å². The van der Waals surface area contributed by atoms with Gasteiger partial charge in [0.2, 0.25) is 0 Å². The van der Waals surface area contributed by atoms with Crippen LogP contribution in [0.4, 0.5) is 5.69 Å². The topological polar surface area (TPSA) is 63.2 Å². The highest BCUT2D eigenvalue weighted by Crippen LogP contribution is 2.39. The highest BCUT2D eigenvalue weighted by Gasteiger charge is 2.30. The molecule has 1 heterocycles. The predicted octanol–water partition coefficient (Wildman–Crippen LogP) is 2.81. The molecule has 0 unspecified atom stereocenters. The molecule has 1 aliphatic carbocycles. The van der Waals surface area contributed by atoms with Crippen LogP contribution >= 0.6 is 0 Å². The van der Waals surface area contributed by atoms with Gasteiger partial charge >= 0.3 is 0 Å². The molecule has 23 heavy (non-hydrogen) atoms. The summed E-state index contributed by atoms with van der Waals surface area (Å²) >= 11 is 0. The first-order valence-corrected chi connectivity index (χ1v) is 7.78. The third-order valence-electron chi connectivity index (χ3n) is 4.29. The molecule has 1 aromatic carbocycles. The van der Waals surface area contributed by atoms with E-state index >= 15 is 0 Å². The summed E-state index contributed by atoms with van der Waals surface area (Å²) in [5.41, 5.74) is 2.69. The van der Waals surface area contributed by atoms with Crippen LogP contribution in [0.15, 0.2) is 42.6 Å². The number of ether oxygens (including phenoxy) is 1. The number of amides is 1. The number of nitrogens with one attached hydrogen (secondary N) is 2. The van der Waals surface area contributed by atoms with Crippen molar-refractivity contribution in [1.82, 2.24) is 10.3 Å². The summed E-state index contributed by atoms with van der Waals surface area (Å²) in [6, 6.07) is 12.4. The fourth-order valence-corrected chi connectivity index (χ4v) is 2.91. The Balaban J connectivity index is 1.59. The van der Waals surface area contributed by atoms with Gasteiger partial charge in [-0.15, -0.1) is 0 Å². The van der Waals surface area contributed by atoms with Gasteiger partial charge in [-0.25, -0.2) is 0 Å². The zero-order valence-corrected chi connectivity index (χ0v) is 13.4. The minimum Gasteiger partial charge on any atom is -0.497 e. The van der Waals surface area contributed by atoms with Crippen molar-refractivity contribution in [2.45, 2.75) is 24.8 Å². The van der Waals surface area contributed by atoms with Gasteiger partial charge in [0.25, 0.3) is 5.91 Å². The number of nitrogens with zero attached hydrogens (tertiary/aromatic N) is 1. The smallest absolute Gasteiger partial charge is 0.269 e. The molecular formula is C18H21N3O2. The molecule has 2 aromatic rings. The monoisotopic (exact) mass is 311 g/mol. The second-order valence-corrected chi connectivity index (χ2v) is 5.80. The fourth-order valence-electron chi connectivity index (χ4n) is 2.91. The molecule has 0 spiro atoms. The van der Waals surface area contributed by atoms with Gasteiger partial charge in [-0.1, -0.05) is 12.1 Å². The summed E-state index contributed by atoms with van der Waals surface area (Å²) in [7, 11) is 3.30. The van der Waals surface area contributed by atoms with Crippen LogP contribution in [0.5, 0.6) is 5.75 Å². The van der Waals surface area contributed by atoms with Gasteiger partial charge in [0, 0.05) is 25.0 Å². The molecular weight excluding hydrogens is 290 g/mol. The number of hydrogen-bond donors (Lipinski definition) is 2. The zero-order chi connectivity index (χ0) is 16.2. The molecule has 1 fully saturated rings. The summed E-state index contributed by atoms with van der Waals surface area (Å²) in [5, 5.41) is 6.06. The van der Waals surface area contributed by atoms with Crippen molar-refractivity contribution in [1.29, 1.82) is 0 Å². The molecule has 0 radical (unpaired) electrons. The van der Waals surface area contributed by atoms with Crippen LogP contribution in [0.3, 0.4) is 0 Å². The maximum Gasteiger partial charge on any atom is 0.269 e. The van der Waals surface area contributed by atoms with E-state index in [-0.39, 0.29) is 5.91 Å². The van der Waals surface area contributed by atoms with Gasteiger partial charge in [-0.3, -0.25) is 9.78 Å². The molecule has 5 nitrogen and oxygen atoms in total. The molecule has 1 aromatic heterocycles. The Morgan fingerprint density at radius 2 is 2.09 bits per heavy atom. The third kappa shape index (κ3) is 3.44. The number of methoxy groups -OCH3 is 1. The Labute approximate surface area is 136 Å². The maximum absolute atomic E-state index is 11.6. The fraction of sp³-hybridized carbons (Fsp3) is 0.333. The summed E-state index contributed by atoms with van der Waals surface area (Å²) in [4.78, 5) is 15.7. The number of benzene rings is 1. The summed E-state index contributed by atoms with van der Waals surface area (Å²) in [6.07, 6.45) is 3.81. The van der Waals surface area contributed by atoms with Crippen molar-refractivity contribution in [3.8, 4) is 5.75 Å². The molecule has 0 saturated heterocycles. The zero-order valence-electron chi connectivity index (χ0n) is 13.4. The molecule has 5 heteroatoms. The molecule has 1 aliphatic rings. The summed E-state index contributed by atoms with van der Waals surface area (Å²) in [6.45, 7) is 0. The van der Waals surface area contributed by atoms with Crippen LogP contribution in [-0.2, 0) is 0 Å². The first-order valence-electron chi connectivity index (χ1n) is 7.78. The normalized spacial score (nSPS) is 19.6. The van der Waals surface area contributed by atoms with E-state index < -0.39 is 0 Å². The second-order valence-electron chi connectivity index (χ2n) is 5.80. The average molecular weight is 311 g/mol. The molecule has 2 N–H and O–H groups in total. The first-order chi connectivity index (χ1) is 11.2. The van der Waals surface area contributed by atoms with E-state index in [1.165, 1.54) is 5.56 Å². The largest absolute Gasteiger partial charge is 0.497 e. The van der Waals surface area contributed by atoms with Gasteiger partial charge < -0.3 is 15.4 Å². The standard InChI is InChI=1S/C18H21N3O2/c1-19-18(22)17-11-14(6-7-20-17)21-15-8-13(9-15)12-4-3-5-16(10-12)23-2/h3-7,10-11,13,15H,8-9H2,1-2H3,(H,19,22)(H,20,21). The van der Waals surface area contributed by atoms with E-state index in [4.69, 9.17) is 4.74 Å². The Hall–Kier alpha value is -2.56. The van der Waals surface area contributed by atoms with E-state index in [0.717, 1.165) is 24.3 Å². The summed E-state index contributed by atoms with van der Waals surface area (Å²) < 4.78 is 5.28. The minimum absolute atomic E-state index is 0.170. The maximum atomic E-state index is 11.6. The van der Waals surface area contributed by atoms with Crippen molar-refractivity contribution in [3.63, 3.8) is 0 Å². The lowest BCUT2D eigenvalue weighted by Crippen LogP contribution is -2.34. The number of anilines is 1. The number of hydrogen-bond acceptors (Lipinski definition) is 4. The number of carbonyl (C=O) groups is 1. The molecule has 0 aliphatic heterocycles. The van der Waals surface area contributed by atoms with Gasteiger partial charge in [0.05, 0.1) is 7.11 Å². The summed E-state index contributed by atoms with van der Waals surface area (Å²) in [5.74, 6) is 1.29. The average Bonchev–Trinajstić information content (AvgIpc) is 2.57. The SMILES string of the molecule is CNC(=O)c1cc(NC2CC(c3cccc(OC)c3)C2)ccn1. The lowest BCUT2D eigenvalue weighted by Gasteiger charge is -2.37.